The van der Waals surface area contributed by atoms with Gasteiger partial charge >= 0.3 is 0 Å². The molecule has 1 aliphatic rings. The first-order valence-corrected chi connectivity index (χ1v) is 4.71. The van der Waals surface area contributed by atoms with E-state index in [4.69, 9.17) is 0 Å². The van der Waals surface area contributed by atoms with Crippen LogP contribution in [-0.4, -0.2) is 30.7 Å². The lowest BCUT2D eigenvalue weighted by atomic mass is 9.79. The summed E-state index contributed by atoms with van der Waals surface area (Å²) in [6.07, 6.45) is 2.81. The summed E-state index contributed by atoms with van der Waals surface area (Å²) >= 11 is 0. The smallest absolute Gasteiger partial charge is 0.0957 e. The fourth-order valence-corrected chi connectivity index (χ4v) is 2.03. The summed E-state index contributed by atoms with van der Waals surface area (Å²) in [5.41, 5.74) is 0.470. The second-order valence-corrected chi connectivity index (χ2v) is 5.11. The predicted octanol–water partition coefficient (Wildman–Crippen LogP) is 2.27. The van der Waals surface area contributed by atoms with Crippen LogP contribution in [0.1, 0.15) is 33.6 Å². The quantitative estimate of drug-likeness (QED) is 0.472. The number of quaternary nitrogens is 1. The van der Waals surface area contributed by atoms with E-state index >= 15 is 0 Å². The maximum atomic E-state index is 2.40. The molecule has 1 heteroatoms. The van der Waals surface area contributed by atoms with E-state index < -0.39 is 0 Å². The highest BCUT2D eigenvalue weighted by atomic mass is 15.4. The van der Waals surface area contributed by atoms with Gasteiger partial charge in [0.1, 0.15) is 0 Å². The predicted molar refractivity (Wildman–Crippen MR) is 49.5 cm³/mol. The van der Waals surface area contributed by atoms with Gasteiger partial charge in [0.15, 0.2) is 0 Å². The molecule has 0 N–H and O–H groups in total. The van der Waals surface area contributed by atoms with Crippen LogP contribution in [0.4, 0.5) is 0 Å². The molecule has 0 aromatic rings. The summed E-state index contributed by atoms with van der Waals surface area (Å²) < 4.78 is 1.19. The van der Waals surface area contributed by atoms with E-state index in [2.05, 4.69) is 34.9 Å². The van der Waals surface area contributed by atoms with E-state index in [0.29, 0.717) is 5.54 Å². The molecule has 0 amide bonds. The highest BCUT2D eigenvalue weighted by Gasteiger charge is 2.43. The second kappa shape index (κ2) is 2.48. The highest BCUT2D eigenvalue weighted by molar-refractivity contribution is 4.79. The van der Waals surface area contributed by atoms with Gasteiger partial charge in [0.05, 0.1) is 26.2 Å². The summed E-state index contributed by atoms with van der Waals surface area (Å²) in [5.74, 6) is 0.867. The van der Waals surface area contributed by atoms with Crippen LogP contribution in [0.15, 0.2) is 0 Å². The average Bonchev–Trinajstić information content (AvgIpc) is 1.84. The fraction of sp³-hybridized carbons (Fsp3) is 1.00. The molecule has 0 spiro atoms. The Morgan fingerprint density at radius 2 is 1.82 bits per heavy atom. The van der Waals surface area contributed by atoms with E-state index in [0.717, 1.165) is 5.92 Å². The zero-order chi connectivity index (χ0) is 8.70. The zero-order valence-electron chi connectivity index (χ0n) is 8.65. The molecular formula is C10H22N+. The molecule has 0 radical (unpaired) electrons. The standard InChI is InChI=1S/C10H22N/c1-9-7-6-8-11(4,5)10(9,2)3/h9H,6-8H2,1-5H3/q+1. The van der Waals surface area contributed by atoms with Gasteiger partial charge in [-0.1, -0.05) is 6.92 Å². The van der Waals surface area contributed by atoms with E-state index in [-0.39, 0.29) is 0 Å². The first kappa shape index (κ1) is 9.05. The topological polar surface area (TPSA) is 0 Å². The van der Waals surface area contributed by atoms with Crippen LogP contribution in [0.3, 0.4) is 0 Å². The molecule has 11 heavy (non-hydrogen) atoms. The van der Waals surface area contributed by atoms with Gasteiger partial charge in [0.25, 0.3) is 0 Å². The van der Waals surface area contributed by atoms with E-state index in [9.17, 15) is 0 Å². The van der Waals surface area contributed by atoms with Gasteiger partial charge in [-0.15, -0.1) is 0 Å². The molecule has 1 aliphatic heterocycles. The summed E-state index contributed by atoms with van der Waals surface area (Å²) in [7, 11) is 4.71. The lowest BCUT2D eigenvalue weighted by Gasteiger charge is -2.51. The van der Waals surface area contributed by atoms with Crippen molar-refractivity contribution in [1.29, 1.82) is 0 Å². The Morgan fingerprint density at radius 1 is 1.27 bits per heavy atom. The van der Waals surface area contributed by atoms with E-state index in [1.807, 2.05) is 0 Å². The SMILES string of the molecule is CC1CCC[N+](C)(C)C1(C)C. The second-order valence-electron chi connectivity index (χ2n) is 5.11. The summed E-state index contributed by atoms with van der Waals surface area (Å²) in [6.45, 7) is 8.53. The Kier molecular flexibility index (Phi) is 2.04. The number of hydrogen-bond donors (Lipinski definition) is 0. The van der Waals surface area contributed by atoms with Crippen LogP contribution in [0, 0.1) is 5.92 Å². The molecule has 1 fully saturated rings. The monoisotopic (exact) mass is 156 g/mol. The summed E-state index contributed by atoms with van der Waals surface area (Å²) in [5, 5.41) is 0. The van der Waals surface area contributed by atoms with Crippen LogP contribution in [0.25, 0.3) is 0 Å². The highest BCUT2D eigenvalue weighted by Crippen LogP contribution is 2.36. The number of piperidine rings is 1. The Morgan fingerprint density at radius 3 is 2.18 bits per heavy atom. The van der Waals surface area contributed by atoms with Crippen molar-refractivity contribution in [2.24, 2.45) is 5.92 Å². The summed E-state index contributed by atoms with van der Waals surface area (Å²) in [6, 6.07) is 0. The Labute approximate surface area is 71.0 Å². The van der Waals surface area contributed by atoms with Gasteiger partial charge in [-0.3, -0.25) is 0 Å². The van der Waals surface area contributed by atoms with Crippen molar-refractivity contribution in [2.45, 2.75) is 39.2 Å². The van der Waals surface area contributed by atoms with Crippen molar-refractivity contribution in [3.05, 3.63) is 0 Å². The van der Waals surface area contributed by atoms with Crippen molar-refractivity contribution in [2.75, 3.05) is 20.6 Å². The minimum absolute atomic E-state index is 0.470. The van der Waals surface area contributed by atoms with Gasteiger partial charge in [-0.2, -0.15) is 0 Å². The van der Waals surface area contributed by atoms with Crippen molar-refractivity contribution in [3.8, 4) is 0 Å². The third-order valence-electron chi connectivity index (χ3n) is 4.12. The number of likely N-dealkylation sites (tertiary alicyclic amines) is 1. The normalized spacial score (nSPS) is 35.2. The first-order valence-electron chi connectivity index (χ1n) is 4.71. The molecule has 1 saturated heterocycles. The van der Waals surface area contributed by atoms with Crippen molar-refractivity contribution in [3.63, 3.8) is 0 Å². The molecule has 0 aromatic carbocycles. The molecule has 0 bridgehead atoms. The van der Waals surface area contributed by atoms with Crippen LogP contribution in [-0.2, 0) is 0 Å². The van der Waals surface area contributed by atoms with Crippen LogP contribution < -0.4 is 0 Å². The minimum atomic E-state index is 0.470. The van der Waals surface area contributed by atoms with Gasteiger partial charge in [0.2, 0.25) is 0 Å². The largest absolute Gasteiger partial charge is 0.324 e. The summed E-state index contributed by atoms with van der Waals surface area (Å²) in [4.78, 5) is 0. The van der Waals surface area contributed by atoms with Gasteiger partial charge < -0.3 is 4.48 Å². The minimum Gasteiger partial charge on any atom is -0.324 e. The molecule has 1 rings (SSSR count). The third-order valence-corrected chi connectivity index (χ3v) is 4.12. The number of hydrogen-bond acceptors (Lipinski definition) is 0. The van der Waals surface area contributed by atoms with Crippen molar-refractivity contribution >= 4 is 0 Å². The van der Waals surface area contributed by atoms with Crippen LogP contribution in [0.2, 0.25) is 0 Å². The maximum absolute atomic E-state index is 2.40. The first-order chi connectivity index (χ1) is 4.88. The zero-order valence-corrected chi connectivity index (χ0v) is 8.65. The average molecular weight is 156 g/mol. The molecule has 1 atom stereocenters. The molecule has 1 heterocycles. The Balaban J connectivity index is 2.82. The molecule has 1 nitrogen and oxygen atoms in total. The molecule has 66 valence electrons. The van der Waals surface area contributed by atoms with Crippen molar-refractivity contribution in [1.82, 2.24) is 0 Å². The van der Waals surface area contributed by atoms with Crippen LogP contribution in [0.5, 0.6) is 0 Å². The van der Waals surface area contributed by atoms with Gasteiger partial charge in [0, 0.05) is 5.92 Å². The Bertz CT molecular complexity index is 147. The number of nitrogens with zero attached hydrogens (tertiary/aromatic N) is 1. The Hall–Kier alpha value is -0.0400. The molecule has 0 saturated carbocycles. The van der Waals surface area contributed by atoms with E-state index in [1.165, 1.54) is 23.9 Å². The van der Waals surface area contributed by atoms with Crippen LogP contribution >= 0.6 is 0 Å². The molecule has 0 aromatic heterocycles. The van der Waals surface area contributed by atoms with Gasteiger partial charge in [-0.25, -0.2) is 0 Å². The maximum Gasteiger partial charge on any atom is 0.0957 e. The molecule has 0 aliphatic carbocycles. The van der Waals surface area contributed by atoms with E-state index in [1.54, 1.807) is 0 Å². The number of rotatable bonds is 0. The fourth-order valence-electron chi connectivity index (χ4n) is 2.03. The van der Waals surface area contributed by atoms with Gasteiger partial charge in [-0.05, 0) is 26.7 Å². The third kappa shape index (κ3) is 1.31. The van der Waals surface area contributed by atoms with Crippen molar-refractivity contribution < 1.29 is 4.48 Å². The molecular weight excluding hydrogens is 134 g/mol. The lowest BCUT2D eigenvalue weighted by Crippen LogP contribution is -2.62. The molecule has 1 unspecified atom stereocenters. The lowest BCUT2D eigenvalue weighted by molar-refractivity contribution is -0.947.